The number of aliphatic hydroxyl groups excluding tert-OH is 1. The van der Waals surface area contributed by atoms with Crippen molar-refractivity contribution in [1.29, 1.82) is 0 Å². The number of H-pyrrole nitrogens is 1. The highest BCUT2D eigenvalue weighted by atomic mass is 32.2. The van der Waals surface area contributed by atoms with E-state index in [2.05, 4.69) is 15.3 Å². The molecule has 1 fully saturated rings. The van der Waals surface area contributed by atoms with Gasteiger partial charge in [-0.25, -0.2) is 9.78 Å². The first-order valence-electron chi connectivity index (χ1n) is 11.5. The predicted molar refractivity (Wildman–Crippen MR) is 138 cm³/mol. The van der Waals surface area contributed by atoms with Crippen LogP contribution < -0.4 is 15.8 Å². The smallest absolute Gasteiger partial charge is 0.326 e. The van der Waals surface area contributed by atoms with Crippen molar-refractivity contribution in [1.82, 2.24) is 15.3 Å². The Hall–Kier alpha value is -3.41. The molecule has 0 aliphatic carbocycles. The van der Waals surface area contributed by atoms with E-state index in [1.807, 2.05) is 18.4 Å². The van der Waals surface area contributed by atoms with Crippen LogP contribution in [0.15, 0.2) is 53.5 Å². The van der Waals surface area contributed by atoms with Crippen LogP contribution in [0.25, 0.3) is 10.9 Å². The molecule has 2 aromatic heterocycles. The number of aromatic nitrogens is 2. The Morgan fingerprint density at radius 3 is 2.81 bits per heavy atom. The maximum atomic E-state index is 13.2. The second kappa shape index (κ2) is 11.5. The van der Waals surface area contributed by atoms with Crippen LogP contribution in [0.5, 0.6) is 0 Å². The lowest BCUT2D eigenvalue weighted by Gasteiger charge is -2.32. The number of anilines is 2. The number of para-hydroxylation sites is 1. The summed E-state index contributed by atoms with van der Waals surface area (Å²) in [5, 5.41) is 23.9. The van der Waals surface area contributed by atoms with Crippen molar-refractivity contribution < 1.29 is 24.5 Å². The molecule has 1 aromatic carbocycles. The van der Waals surface area contributed by atoms with Gasteiger partial charge in [0.05, 0.1) is 35.6 Å². The normalized spacial score (nSPS) is 18.5. The lowest BCUT2D eigenvalue weighted by atomic mass is 10.0. The standard InChI is InChI=1S/C25H28N4O6S/c1-36-11-9-20(25(33)34)29(15-6-7-23(31)26-13-15)21-12-19(27-17-5-3-2-4-16(17)21)24(32)28-18-8-10-35-14-22(18)30/h2-7,12-13,18,20,22,30H,8-11,14H2,1H3,(H,26,31)(H,28,32)(H,33,34)/t18-,20-,22-/m0/s1. The largest absolute Gasteiger partial charge is 0.480 e. The first-order valence-corrected chi connectivity index (χ1v) is 12.9. The Labute approximate surface area is 211 Å². The van der Waals surface area contributed by atoms with E-state index in [0.717, 1.165) is 0 Å². The number of hydrogen-bond acceptors (Lipinski definition) is 8. The van der Waals surface area contributed by atoms with Crippen LogP contribution in [0.4, 0.5) is 11.4 Å². The van der Waals surface area contributed by atoms with E-state index in [9.17, 15) is 24.6 Å². The number of amides is 1. The molecule has 0 spiro atoms. The number of aliphatic hydroxyl groups is 1. The minimum Gasteiger partial charge on any atom is -0.480 e. The third-order valence-electron chi connectivity index (χ3n) is 6.07. The molecule has 1 aliphatic rings. The van der Waals surface area contributed by atoms with Gasteiger partial charge in [0.15, 0.2) is 0 Å². The number of carboxylic acids is 1. The van der Waals surface area contributed by atoms with Gasteiger partial charge in [-0.1, -0.05) is 18.2 Å². The molecule has 1 aliphatic heterocycles. The zero-order chi connectivity index (χ0) is 25.7. The van der Waals surface area contributed by atoms with Gasteiger partial charge in [-0.2, -0.15) is 11.8 Å². The fourth-order valence-corrected chi connectivity index (χ4v) is 4.70. The van der Waals surface area contributed by atoms with E-state index in [1.54, 1.807) is 29.2 Å². The van der Waals surface area contributed by atoms with E-state index < -0.39 is 30.1 Å². The molecule has 3 heterocycles. The molecule has 1 saturated heterocycles. The molecule has 0 saturated carbocycles. The molecule has 0 unspecified atom stereocenters. The summed E-state index contributed by atoms with van der Waals surface area (Å²) in [7, 11) is 0. The van der Waals surface area contributed by atoms with Crippen molar-refractivity contribution in [2.45, 2.75) is 31.0 Å². The van der Waals surface area contributed by atoms with Crippen molar-refractivity contribution in [2.24, 2.45) is 0 Å². The van der Waals surface area contributed by atoms with Gasteiger partial charge in [0.25, 0.3) is 5.91 Å². The number of carbonyl (C=O) groups is 2. The molecule has 4 rings (SSSR count). The van der Waals surface area contributed by atoms with Crippen LogP contribution in [0.2, 0.25) is 0 Å². The van der Waals surface area contributed by atoms with Gasteiger partial charge >= 0.3 is 5.97 Å². The number of fused-ring (bicyclic) bond motifs is 1. The monoisotopic (exact) mass is 512 g/mol. The van der Waals surface area contributed by atoms with Gasteiger partial charge < -0.3 is 30.2 Å². The number of nitrogens with one attached hydrogen (secondary N) is 2. The van der Waals surface area contributed by atoms with Crippen molar-refractivity contribution in [2.75, 3.05) is 30.1 Å². The quantitative estimate of drug-likeness (QED) is 0.339. The molecular formula is C25H28N4O6S. The molecule has 4 N–H and O–H groups in total. The highest BCUT2D eigenvalue weighted by molar-refractivity contribution is 7.98. The Kier molecular flexibility index (Phi) is 8.24. The third kappa shape index (κ3) is 5.69. The van der Waals surface area contributed by atoms with Gasteiger partial charge in [0.2, 0.25) is 5.56 Å². The minimum atomic E-state index is -1.03. The average molecular weight is 513 g/mol. The second-order valence-corrected chi connectivity index (χ2v) is 9.46. The van der Waals surface area contributed by atoms with Gasteiger partial charge in [0.1, 0.15) is 11.7 Å². The number of ether oxygens (including phenoxy) is 1. The summed E-state index contributed by atoms with van der Waals surface area (Å²) in [4.78, 5) is 46.2. The van der Waals surface area contributed by atoms with Crippen LogP contribution in [0, 0.1) is 0 Å². The van der Waals surface area contributed by atoms with Crippen LogP contribution in [0.1, 0.15) is 23.3 Å². The number of aromatic amines is 1. The Bertz CT molecular complexity index is 1280. The van der Waals surface area contributed by atoms with Crippen molar-refractivity contribution in [3.63, 3.8) is 0 Å². The van der Waals surface area contributed by atoms with Crippen molar-refractivity contribution in [3.8, 4) is 0 Å². The number of aliphatic carboxylic acids is 1. The molecule has 10 nitrogen and oxygen atoms in total. The highest BCUT2D eigenvalue weighted by Crippen LogP contribution is 2.35. The van der Waals surface area contributed by atoms with Crippen LogP contribution in [-0.2, 0) is 9.53 Å². The molecule has 190 valence electrons. The predicted octanol–water partition coefficient (Wildman–Crippen LogP) is 2.15. The first kappa shape index (κ1) is 25.7. The van der Waals surface area contributed by atoms with Gasteiger partial charge in [0, 0.05) is 24.3 Å². The zero-order valence-electron chi connectivity index (χ0n) is 19.7. The number of hydrogen-bond donors (Lipinski definition) is 4. The Morgan fingerprint density at radius 1 is 1.31 bits per heavy atom. The molecule has 1 amide bonds. The maximum absolute atomic E-state index is 13.2. The van der Waals surface area contributed by atoms with Gasteiger partial charge in [-0.15, -0.1) is 0 Å². The molecular weight excluding hydrogens is 484 g/mol. The number of rotatable bonds is 9. The molecule has 36 heavy (non-hydrogen) atoms. The minimum absolute atomic E-state index is 0.0887. The molecule has 11 heteroatoms. The van der Waals surface area contributed by atoms with E-state index in [0.29, 0.717) is 47.5 Å². The number of carboxylic acid groups (broad SMARTS) is 1. The summed E-state index contributed by atoms with van der Waals surface area (Å²) in [6.07, 6.45) is 3.32. The molecule has 0 radical (unpaired) electrons. The lowest BCUT2D eigenvalue weighted by molar-refractivity contribution is -0.138. The van der Waals surface area contributed by atoms with Crippen molar-refractivity contribution >= 4 is 45.9 Å². The topological polar surface area (TPSA) is 145 Å². The lowest BCUT2D eigenvalue weighted by Crippen LogP contribution is -2.48. The number of thioether (sulfide) groups is 1. The SMILES string of the molecule is CSCC[C@@H](C(=O)O)N(c1ccc(=O)[nH]c1)c1cc(C(=O)N[C@H]2CCOC[C@@H]2O)nc2ccccc12. The molecule has 3 atom stereocenters. The number of pyridine rings is 2. The first-order chi connectivity index (χ1) is 17.4. The maximum Gasteiger partial charge on any atom is 0.326 e. The number of nitrogens with zero attached hydrogens (tertiary/aromatic N) is 2. The summed E-state index contributed by atoms with van der Waals surface area (Å²) < 4.78 is 5.24. The zero-order valence-corrected chi connectivity index (χ0v) is 20.5. The third-order valence-corrected chi connectivity index (χ3v) is 6.71. The van der Waals surface area contributed by atoms with E-state index in [1.165, 1.54) is 24.0 Å². The van der Waals surface area contributed by atoms with Crippen molar-refractivity contribution in [3.05, 3.63) is 64.7 Å². The van der Waals surface area contributed by atoms with E-state index in [-0.39, 0.29) is 17.9 Å². The Morgan fingerprint density at radius 2 is 2.11 bits per heavy atom. The average Bonchev–Trinajstić information content (AvgIpc) is 2.88. The van der Waals surface area contributed by atoms with Crippen LogP contribution in [0.3, 0.4) is 0 Å². The van der Waals surface area contributed by atoms with Crippen LogP contribution >= 0.6 is 11.8 Å². The molecule has 3 aromatic rings. The number of benzene rings is 1. The van der Waals surface area contributed by atoms with Gasteiger partial charge in [-0.05, 0) is 43.0 Å². The summed E-state index contributed by atoms with van der Waals surface area (Å²) in [5.41, 5.74) is 1.22. The fraction of sp³-hybridized carbons (Fsp3) is 0.360. The van der Waals surface area contributed by atoms with Gasteiger partial charge in [-0.3, -0.25) is 9.59 Å². The fourth-order valence-electron chi connectivity index (χ4n) is 4.24. The number of carbonyl (C=O) groups excluding carboxylic acids is 1. The Balaban J connectivity index is 1.84. The van der Waals surface area contributed by atoms with E-state index >= 15 is 0 Å². The summed E-state index contributed by atoms with van der Waals surface area (Å²) >= 11 is 1.53. The molecule has 0 bridgehead atoms. The highest BCUT2D eigenvalue weighted by Gasteiger charge is 2.31. The summed E-state index contributed by atoms with van der Waals surface area (Å²) in [6, 6.07) is 10.2. The summed E-state index contributed by atoms with van der Waals surface area (Å²) in [6.45, 7) is 0.561. The summed E-state index contributed by atoms with van der Waals surface area (Å²) in [5.74, 6) is -0.924. The van der Waals surface area contributed by atoms with E-state index in [4.69, 9.17) is 4.74 Å². The van der Waals surface area contributed by atoms with Crippen LogP contribution in [-0.4, -0.2) is 75.5 Å². The second-order valence-electron chi connectivity index (χ2n) is 8.47.